The predicted molar refractivity (Wildman–Crippen MR) is 82.6 cm³/mol. The second-order valence-corrected chi connectivity index (χ2v) is 4.92. The van der Waals surface area contributed by atoms with E-state index in [0.29, 0.717) is 5.75 Å². The van der Waals surface area contributed by atoms with Gasteiger partial charge in [-0.25, -0.2) is 0 Å². The highest BCUT2D eigenvalue weighted by Crippen LogP contribution is 2.19. The molecule has 0 unspecified atom stereocenters. The quantitative estimate of drug-likeness (QED) is 0.467. The van der Waals surface area contributed by atoms with Crippen LogP contribution in [0.2, 0.25) is 0 Å². The predicted octanol–water partition coefficient (Wildman–Crippen LogP) is 4.40. The van der Waals surface area contributed by atoms with E-state index in [2.05, 4.69) is 37.3 Å². The number of ether oxygens (including phenoxy) is 1. The molecule has 0 aromatic heterocycles. The molecular formula is C18H18O2. The van der Waals surface area contributed by atoms with Gasteiger partial charge in [0, 0.05) is 6.92 Å². The molecule has 20 heavy (non-hydrogen) atoms. The van der Waals surface area contributed by atoms with Crippen LogP contribution < -0.4 is 4.74 Å². The number of hydrogen-bond acceptors (Lipinski definition) is 2. The van der Waals surface area contributed by atoms with E-state index in [-0.39, 0.29) is 5.97 Å². The Kier molecular flexibility index (Phi) is 4.36. The molecule has 0 fully saturated rings. The van der Waals surface area contributed by atoms with Crippen molar-refractivity contribution in [3.05, 3.63) is 64.7 Å². The fraction of sp³-hybridized carbons (Fsp3) is 0.167. The first-order valence-electron chi connectivity index (χ1n) is 6.58. The lowest BCUT2D eigenvalue weighted by Crippen LogP contribution is -2.01. The van der Waals surface area contributed by atoms with Crippen LogP contribution in [-0.2, 0) is 4.79 Å². The highest BCUT2D eigenvalue weighted by molar-refractivity contribution is 5.72. The second-order valence-electron chi connectivity index (χ2n) is 4.92. The van der Waals surface area contributed by atoms with Gasteiger partial charge in [-0.2, -0.15) is 0 Å². The molecule has 2 aromatic rings. The molecule has 2 rings (SSSR count). The lowest BCUT2D eigenvalue weighted by Gasteiger charge is -2.04. The minimum atomic E-state index is -0.302. The van der Waals surface area contributed by atoms with E-state index in [0.717, 1.165) is 16.7 Å². The summed E-state index contributed by atoms with van der Waals surface area (Å²) in [5, 5.41) is 0. The van der Waals surface area contributed by atoms with Crippen molar-refractivity contribution in [3.8, 4) is 5.75 Å². The van der Waals surface area contributed by atoms with Crippen molar-refractivity contribution in [2.24, 2.45) is 0 Å². The molecule has 2 nitrogen and oxygen atoms in total. The maximum Gasteiger partial charge on any atom is 0.308 e. The van der Waals surface area contributed by atoms with Gasteiger partial charge in [0.05, 0.1) is 0 Å². The number of carbonyl (C=O) groups is 1. The van der Waals surface area contributed by atoms with Crippen LogP contribution in [0.15, 0.2) is 42.5 Å². The first-order chi connectivity index (χ1) is 9.52. The Labute approximate surface area is 119 Å². The third-order valence-electron chi connectivity index (χ3n) is 2.88. The molecule has 0 heterocycles. The molecule has 0 saturated heterocycles. The van der Waals surface area contributed by atoms with E-state index in [1.807, 2.05) is 31.2 Å². The van der Waals surface area contributed by atoms with Gasteiger partial charge < -0.3 is 4.74 Å². The average molecular weight is 266 g/mol. The molecule has 0 N–H and O–H groups in total. The number of carbonyl (C=O) groups excluding carboxylic acids is 1. The number of aryl methyl sites for hydroxylation is 2. The lowest BCUT2D eigenvalue weighted by atomic mass is 10.1. The molecule has 0 radical (unpaired) electrons. The molecule has 102 valence electrons. The summed E-state index contributed by atoms with van der Waals surface area (Å²) in [6.07, 6.45) is 4.07. The number of rotatable bonds is 3. The number of benzene rings is 2. The Morgan fingerprint density at radius 2 is 1.55 bits per heavy atom. The Morgan fingerprint density at radius 3 is 2.20 bits per heavy atom. The van der Waals surface area contributed by atoms with Crippen molar-refractivity contribution < 1.29 is 9.53 Å². The van der Waals surface area contributed by atoms with Crippen LogP contribution in [0, 0.1) is 13.8 Å². The SMILES string of the molecule is CC(=O)Oc1cc(C)cc(/C=C/c2ccc(C)cc2)c1. The van der Waals surface area contributed by atoms with E-state index in [1.165, 1.54) is 12.5 Å². The monoisotopic (exact) mass is 266 g/mol. The summed E-state index contributed by atoms with van der Waals surface area (Å²) in [6, 6.07) is 14.1. The topological polar surface area (TPSA) is 26.3 Å². The van der Waals surface area contributed by atoms with Gasteiger partial charge >= 0.3 is 5.97 Å². The third-order valence-corrected chi connectivity index (χ3v) is 2.88. The smallest absolute Gasteiger partial charge is 0.308 e. The zero-order valence-corrected chi connectivity index (χ0v) is 12.0. The summed E-state index contributed by atoms with van der Waals surface area (Å²) in [5.74, 6) is 0.283. The summed E-state index contributed by atoms with van der Waals surface area (Å²) in [5.41, 5.74) is 4.47. The van der Waals surface area contributed by atoms with E-state index < -0.39 is 0 Å². The van der Waals surface area contributed by atoms with Crippen LogP contribution in [0.25, 0.3) is 12.2 Å². The minimum Gasteiger partial charge on any atom is -0.427 e. The summed E-state index contributed by atoms with van der Waals surface area (Å²) < 4.78 is 5.13. The van der Waals surface area contributed by atoms with Crippen molar-refractivity contribution in [1.29, 1.82) is 0 Å². The Hall–Kier alpha value is -2.35. The van der Waals surface area contributed by atoms with Gasteiger partial charge in [-0.3, -0.25) is 4.79 Å². The first-order valence-corrected chi connectivity index (χ1v) is 6.58. The molecule has 2 heteroatoms. The van der Waals surface area contributed by atoms with Gasteiger partial charge in [0.1, 0.15) is 5.75 Å². The Morgan fingerprint density at radius 1 is 0.900 bits per heavy atom. The Bertz CT molecular complexity index is 637. The summed E-state index contributed by atoms with van der Waals surface area (Å²) in [4.78, 5) is 11.0. The third kappa shape index (κ3) is 4.09. The molecule has 0 atom stereocenters. The van der Waals surface area contributed by atoms with E-state index in [1.54, 1.807) is 0 Å². The van der Waals surface area contributed by atoms with Crippen LogP contribution in [0.1, 0.15) is 29.2 Å². The zero-order chi connectivity index (χ0) is 14.5. The maximum atomic E-state index is 11.0. The summed E-state index contributed by atoms with van der Waals surface area (Å²) in [6.45, 7) is 5.46. The van der Waals surface area contributed by atoms with Gasteiger partial charge in [-0.15, -0.1) is 0 Å². The molecule has 0 aliphatic rings. The fourth-order valence-electron chi connectivity index (χ4n) is 1.97. The number of esters is 1. The minimum absolute atomic E-state index is 0.302. The van der Waals surface area contributed by atoms with E-state index >= 15 is 0 Å². The van der Waals surface area contributed by atoms with Crippen LogP contribution >= 0.6 is 0 Å². The molecule has 0 aliphatic heterocycles. The van der Waals surface area contributed by atoms with Crippen molar-refractivity contribution in [2.45, 2.75) is 20.8 Å². The van der Waals surface area contributed by atoms with Gasteiger partial charge in [0.2, 0.25) is 0 Å². The zero-order valence-electron chi connectivity index (χ0n) is 12.0. The van der Waals surface area contributed by atoms with Gasteiger partial charge in [0.15, 0.2) is 0 Å². The van der Waals surface area contributed by atoms with Crippen molar-refractivity contribution in [3.63, 3.8) is 0 Å². The molecular weight excluding hydrogens is 248 g/mol. The van der Waals surface area contributed by atoms with Crippen molar-refractivity contribution >= 4 is 18.1 Å². The fourth-order valence-corrected chi connectivity index (χ4v) is 1.97. The van der Waals surface area contributed by atoms with Crippen LogP contribution in [-0.4, -0.2) is 5.97 Å². The molecule has 0 bridgehead atoms. The standard InChI is InChI=1S/C18H18O2/c1-13-4-6-16(7-5-13)8-9-17-10-14(2)11-18(12-17)20-15(3)19/h4-12H,1-3H3/b9-8+. The largest absolute Gasteiger partial charge is 0.427 e. The normalized spacial score (nSPS) is 10.8. The second kappa shape index (κ2) is 6.20. The average Bonchev–Trinajstić information content (AvgIpc) is 2.36. The van der Waals surface area contributed by atoms with Crippen LogP contribution in [0.4, 0.5) is 0 Å². The summed E-state index contributed by atoms with van der Waals surface area (Å²) in [7, 11) is 0. The molecule has 2 aromatic carbocycles. The van der Waals surface area contributed by atoms with Gasteiger partial charge in [0.25, 0.3) is 0 Å². The highest BCUT2D eigenvalue weighted by atomic mass is 16.5. The van der Waals surface area contributed by atoms with Crippen LogP contribution in [0.3, 0.4) is 0 Å². The highest BCUT2D eigenvalue weighted by Gasteiger charge is 2.00. The van der Waals surface area contributed by atoms with E-state index in [9.17, 15) is 4.79 Å². The molecule has 0 spiro atoms. The number of hydrogen-bond donors (Lipinski definition) is 0. The van der Waals surface area contributed by atoms with E-state index in [4.69, 9.17) is 4.74 Å². The molecule has 0 amide bonds. The van der Waals surface area contributed by atoms with Gasteiger partial charge in [-0.1, -0.05) is 48.0 Å². The first kappa shape index (κ1) is 14.1. The Balaban J connectivity index is 2.22. The molecule has 0 saturated carbocycles. The lowest BCUT2D eigenvalue weighted by molar-refractivity contribution is -0.131. The molecule has 0 aliphatic carbocycles. The maximum absolute atomic E-state index is 11.0. The summed E-state index contributed by atoms with van der Waals surface area (Å²) >= 11 is 0. The van der Waals surface area contributed by atoms with Crippen LogP contribution in [0.5, 0.6) is 5.75 Å². The van der Waals surface area contributed by atoms with Crippen molar-refractivity contribution in [2.75, 3.05) is 0 Å². The van der Waals surface area contributed by atoms with Crippen molar-refractivity contribution in [1.82, 2.24) is 0 Å². The van der Waals surface area contributed by atoms with Gasteiger partial charge in [-0.05, 0) is 42.7 Å².